The minimum atomic E-state index is 0.222. The minimum Gasteiger partial charge on any atom is -0.240 e. The maximum Gasteiger partial charge on any atom is 0.102 e. The molecule has 1 atom stereocenters. The molecule has 1 unspecified atom stereocenters. The summed E-state index contributed by atoms with van der Waals surface area (Å²) in [5, 5.41) is 10.2. The van der Waals surface area contributed by atoms with Crippen LogP contribution < -0.4 is 5.32 Å². The van der Waals surface area contributed by atoms with Gasteiger partial charge in [0.15, 0.2) is 0 Å². The molecule has 0 aromatic carbocycles. The Morgan fingerprint density at radius 2 is 1.78 bits per heavy atom. The number of hydrogen-bond acceptors (Lipinski definition) is 2. The van der Waals surface area contributed by atoms with Gasteiger partial charge in [-0.05, 0) is 38.5 Å². The summed E-state index contributed by atoms with van der Waals surface area (Å²) in [6.45, 7) is 9.36. The Morgan fingerprint density at radius 3 is 2.22 bits per heavy atom. The number of rotatable bonds is 7. The summed E-state index contributed by atoms with van der Waals surface area (Å²) >= 11 is 0. The van der Waals surface area contributed by atoms with Gasteiger partial charge in [-0.25, -0.2) is 15.3 Å². The van der Waals surface area contributed by atoms with Crippen molar-refractivity contribution in [1.82, 2.24) is 15.3 Å². The molecule has 2 aliphatic heterocycles. The maximum absolute atomic E-state index is 4.97. The Bertz CT molecular complexity index is 228. The summed E-state index contributed by atoms with van der Waals surface area (Å²) in [7, 11) is 0. The third kappa shape index (κ3) is 3.06. The van der Waals surface area contributed by atoms with Crippen molar-refractivity contribution in [2.24, 2.45) is 0 Å². The van der Waals surface area contributed by atoms with E-state index in [2.05, 4.69) is 23.9 Å². The lowest BCUT2D eigenvalue weighted by Gasteiger charge is -2.58. The summed E-state index contributed by atoms with van der Waals surface area (Å²) in [4.78, 5) is 0. The summed E-state index contributed by atoms with van der Waals surface area (Å²) in [6, 6.07) is 0. The second-order valence-electron chi connectivity index (χ2n) is 5.86. The highest BCUT2D eigenvalue weighted by atomic mass is 15.7. The summed E-state index contributed by atoms with van der Waals surface area (Å²) < 4.78 is 0. The largest absolute Gasteiger partial charge is 0.240 e. The van der Waals surface area contributed by atoms with E-state index < -0.39 is 0 Å². The van der Waals surface area contributed by atoms with Crippen molar-refractivity contribution in [1.29, 1.82) is 0 Å². The first kappa shape index (κ1) is 14.3. The molecule has 1 spiro atoms. The summed E-state index contributed by atoms with van der Waals surface area (Å²) in [6.07, 6.45) is 10.5. The lowest BCUT2D eigenvalue weighted by molar-refractivity contribution is -0.202. The van der Waals surface area contributed by atoms with Gasteiger partial charge in [0.25, 0.3) is 0 Å². The van der Waals surface area contributed by atoms with Crippen LogP contribution in [0.3, 0.4) is 0 Å². The smallest absolute Gasteiger partial charge is 0.102 e. The average Bonchev–Trinajstić information content (AvgIpc) is 2.41. The van der Waals surface area contributed by atoms with Crippen molar-refractivity contribution < 1.29 is 0 Å². The van der Waals surface area contributed by atoms with Gasteiger partial charge < -0.3 is 0 Å². The number of hydrogen-bond donors (Lipinski definition) is 0. The molecule has 1 radical (unpaired) electrons. The SMILES string of the molecule is CCCCN(CCCC)N1CCC12CCCC[N]2. The zero-order chi connectivity index (χ0) is 12.8. The van der Waals surface area contributed by atoms with E-state index in [9.17, 15) is 0 Å². The second-order valence-corrected chi connectivity index (χ2v) is 5.86. The molecule has 18 heavy (non-hydrogen) atoms. The Kier molecular flexibility index (Phi) is 5.46. The standard InChI is InChI=1S/C15H30N3/c1-3-5-12-17(13-6-4-2)18-14-10-15(18)9-7-8-11-16-15/h3-14H2,1-2H3. The molecule has 0 aromatic heterocycles. The molecule has 2 saturated heterocycles. The van der Waals surface area contributed by atoms with Gasteiger partial charge in [-0.2, -0.15) is 0 Å². The number of piperidine rings is 1. The first-order valence-electron chi connectivity index (χ1n) is 8.03. The van der Waals surface area contributed by atoms with Crippen molar-refractivity contribution in [2.75, 3.05) is 26.2 Å². The first-order valence-corrected chi connectivity index (χ1v) is 8.03. The van der Waals surface area contributed by atoms with Crippen LogP contribution in [0.15, 0.2) is 0 Å². The van der Waals surface area contributed by atoms with Crippen LogP contribution in [-0.4, -0.2) is 41.9 Å². The molecule has 2 rings (SSSR count). The fourth-order valence-electron chi connectivity index (χ4n) is 3.21. The van der Waals surface area contributed by atoms with Crippen molar-refractivity contribution in [3.63, 3.8) is 0 Å². The molecule has 105 valence electrons. The number of nitrogens with zero attached hydrogens (tertiary/aromatic N) is 3. The highest BCUT2D eigenvalue weighted by Crippen LogP contribution is 2.37. The van der Waals surface area contributed by atoms with E-state index in [4.69, 9.17) is 5.32 Å². The average molecular weight is 252 g/mol. The van der Waals surface area contributed by atoms with Crippen LogP contribution >= 0.6 is 0 Å². The van der Waals surface area contributed by atoms with Gasteiger partial charge in [-0.1, -0.05) is 26.7 Å². The van der Waals surface area contributed by atoms with Crippen molar-refractivity contribution in [2.45, 2.75) is 70.9 Å². The van der Waals surface area contributed by atoms with Crippen LogP contribution in [0.4, 0.5) is 0 Å². The van der Waals surface area contributed by atoms with Gasteiger partial charge in [-0.15, -0.1) is 0 Å². The second kappa shape index (κ2) is 6.88. The zero-order valence-corrected chi connectivity index (χ0v) is 12.3. The highest BCUT2D eigenvalue weighted by molar-refractivity contribution is 4.97. The molecular formula is C15H30N3. The zero-order valence-electron chi connectivity index (χ0n) is 12.3. The van der Waals surface area contributed by atoms with E-state index in [-0.39, 0.29) is 5.66 Å². The topological polar surface area (TPSA) is 20.6 Å². The molecular weight excluding hydrogens is 222 g/mol. The lowest BCUT2D eigenvalue weighted by Crippen LogP contribution is -2.71. The van der Waals surface area contributed by atoms with E-state index in [0.29, 0.717) is 0 Å². The molecule has 0 aliphatic carbocycles. The fourth-order valence-corrected chi connectivity index (χ4v) is 3.21. The van der Waals surface area contributed by atoms with Crippen LogP contribution in [0.1, 0.15) is 65.2 Å². The molecule has 3 nitrogen and oxygen atoms in total. The van der Waals surface area contributed by atoms with Crippen molar-refractivity contribution >= 4 is 0 Å². The molecule has 0 N–H and O–H groups in total. The Balaban J connectivity index is 1.91. The van der Waals surface area contributed by atoms with Gasteiger partial charge in [0.1, 0.15) is 5.66 Å². The van der Waals surface area contributed by atoms with E-state index in [0.717, 1.165) is 6.54 Å². The van der Waals surface area contributed by atoms with Crippen LogP contribution in [-0.2, 0) is 0 Å². The summed E-state index contributed by atoms with van der Waals surface area (Å²) in [5.41, 5.74) is 0.222. The van der Waals surface area contributed by atoms with Gasteiger partial charge >= 0.3 is 0 Å². The van der Waals surface area contributed by atoms with Crippen LogP contribution in [0.2, 0.25) is 0 Å². The van der Waals surface area contributed by atoms with Gasteiger partial charge in [0, 0.05) is 26.2 Å². The van der Waals surface area contributed by atoms with Crippen molar-refractivity contribution in [3.05, 3.63) is 0 Å². The Morgan fingerprint density at radius 1 is 1.06 bits per heavy atom. The van der Waals surface area contributed by atoms with Crippen LogP contribution in [0.5, 0.6) is 0 Å². The predicted octanol–water partition coefficient (Wildman–Crippen LogP) is 2.99. The monoisotopic (exact) mass is 252 g/mol. The van der Waals surface area contributed by atoms with Gasteiger partial charge in [-0.3, -0.25) is 0 Å². The quantitative estimate of drug-likeness (QED) is 0.694. The number of unbranched alkanes of at least 4 members (excludes halogenated alkanes) is 2. The van der Waals surface area contributed by atoms with E-state index in [1.165, 1.54) is 71.0 Å². The van der Waals surface area contributed by atoms with Crippen LogP contribution in [0, 0.1) is 0 Å². The van der Waals surface area contributed by atoms with Gasteiger partial charge in [0.05, 0.1) is 0 Å². The molecule has 2 aliphatic rings. The Labute approximate surface area is 113 Å². The third-order valence-electron chi connectivity index (χ3n) is 4.48. The number of hydrazine groups is 1. The third-order valence-corrected chi connectivity index (χ3v) is 4.48. The predicted molar refractivity (Wildman–Crippen MR) is 76.3 cm³/mol. The lowest BCUT2D eigenvalue weighted by atomic mass is 9.87. The van der Waals surface area contributed by atoms with E-state index in [1.807, 2.05) is 0 Å². The van der Waals surface area contributed by atoms with Crippen LogP contribution in [0.25, 0.3) is 0 Å². The summed E-state index contributed by atoms with van der Waals surface area (Å²) in [5.74, 6) is 0. The minimum absolute atomic E-state index is 0.222. The maximum atomic E-state index is 4.97. The molecule has 0 amide bonds. The highest BCUT2D eigenvalue weighted by Gasteiger charge is 2.48. The molecule has 0 aromatic rings. The van der Waals surface area contributed by atoms with E-state index in [1.54, 1.807) is 0 Å². The van der Waals surface area contributed by atoms with E-state index >= 15 is 0 Å². The van der Waals surface area contributed by atoms with Crippen molar-refractivity contribution in [3.8, 4) is 0 Å². The molecule has 2 fully saturated rings. The normalized spacial score (nSPS) is 28.8. The van der Waals surface area contributed by atoms with Gasteiger partial charge in [0.2, 0.25) is 0 Å². The molecule has 2 heterocycles. The molecule has 3 heteroatoms. The fraction of sp³-hybridized carbons (Fsp3) is 1.00. The molecule has 0 saturated carbocycles. The molecule has 0 bridgehead atoms. The first-order chi connectivity index (χ1) is 8.82. The Hall–Kier alpha value is -0.120.